The molecule has 0 spiro atoms. The van der Waals surface area contributed by atoms with Crippen molar-refractivity contribution in [1.29, 1.82) is 0 Å². The molecule has 0 N–H and O–H groups in total. The second-order valence-corrected chi connectivity index (χ2v) is 8.63. The molecule has 0 saturated carbocycles. The van der Waals surface area contributed by atoms with Gasteiger partial charge in [0.15, 0.2) is 0 Å². The molecule has 5 aromatic carbocycles. The number of rotatable bonds is 3. The average Bonchev–Trinajstić information content (AvgIpc) is 3.27. The van der Waals surface area contributed by atoms with Crippen LogP contribution in [0.2, 0.25) is 10.0 Å². The molecule has 0 amide bonds. The van der Waals surface area contributed by atoms with Crippen molar-refractivity contribution in [2.24, 2.45) is 0 Å². The molecule has 0 fully saturated rings. The number of fused-ring (bicyclic) bond motifs is 5. The first-order chi connectivity index (χ1) is 17.3. The Hall–Kier alpha value is -3.46. The van der Waals surface area contributed by atoms with Gasteiger partial charge in [-0.15, -0.1) is 0 Å². The van der Waals surface area contributed by atoms with Crippen LogP contribution >= 0.6 is 23.2 Å². The quantitative estimate of drug-likeness (QED) is 0.255. The molecular weight excluding hydrogens is 449 g/mol. The number of aryl methyl sites for hydroxylation is 1. The van der Waals surface area contributed by atoms with Gasteiger partial charge in [-0.3, -0.25) is 0 Å². The van der Waals surface area contributed by atoms with E-state index in [-0.39, 0.29) is 5.56 Å². The van der Waals surface area contributed by atoms with Gasteiger partial charge in [0, 0.05) is 20.6 Å². The first kappa shape index (κ1) is 17.1. The van der Waals surface area contributed by atoms with Gasteiger partial charge in [-0.2, -0.15) is 0 Å². The average molecular weight is 471 g/mol. The van der Waals surface area contributed by atoms with Crippen molar-refractivity contribution in [2.45, 2.75) is 6.85 Å². The van der Waals surface area contributed by atoms with E-state index in [1.165, 1.54) is 0 Å². The van der Waals surface area contributed by atoms with Gasteiger partial charge in [-0.05, 0) is 48.1 Å². The molecule has 0 bridgehead atoms. The number of halogens is 2. The van der Waals surface area contributed by atoms with Crippen molar-refractivity contribution in [3.05, 3.63) is 113 Å². The predicted molar refractivity (Wildman–Crippen MR) is 141 cm³/mol. The van der Waals surface area contributed by atoms with Crippen LogP contribution in [0.3, 0.4) is 0 Å². The number of furan rings is 1. The normalized spacial score (nSPS) is 13.2. The van der Waals surface area contributed by atoms with Crippen LogP contribution in [0.15, 0.2) is 101 Å². The van der Waals surface area contributed by atoms with E-state index >= 15 is 0 Å². The Kier molecular flexibility index (Phi) is 4.06. The van der Waals surface area contributed by atoms with E-state index in [0.717, 1.165) is 32.9 Å². The van der Waals surface area contributed by atoms with Gasteiger partial charge in [0.25, 0.3) is 0 Å². The zero-order valence-corrected chi connectivity index (χ0v) is 18.9. The van der Waals surface area contributed by atoms with E-state index in [0.29, 0.717) is 26.9 Å². The van der Waals surface area contributed by atoms with Gasteiger partial charge in [-0.25, -0.2) is 0 Å². The smallest absolute Gasteiger partial charge is 0.145 e. The van der Waals surface area contributed by atoms with Crippen LogP contribution in [0, 0.1) is 6.85 Å². The summed E-state index contributed by atoms with van der Waals surface area (Å²) in [5, 5.41) is 4.23. The molecule has 160 valence electrons. The first-order valence-electron chi connectivity index (χ1n) is 12.0. The van der Waals surface area contributed by atoms with Crippen molar-refractivity contribution < 1.29 is 8.53 Å². The number of anilines is 3. The molecule has 0 aliphatic rings. The van der Waals surface area contributed by atoms with E-state index in [9.17, 15) is 0 Å². The largest absolute Gasteiger partial charge is 0.455 e. The molecule has 4 heteroatoms. The number of para-hydroxylation sites is 2. The topological polar surface area (TPSA) is 16.4 Å². The van der Waals surface area contributed by atoms with Crippen LogP contribution in [0.5, 0.6) is 0 Å². The molecule has 0 aliphatic carbocycles. The third-order valence-electron chi connectivity index (χ3n) is 5.90. The lowest BCUT2D eigenvalue weighted by atomic mass is 10.0. The number of nitrogens with zero attached hydrogens (tertiary/aromatic N) is 1. The van der Waals surface area contributed by atoms with Gasteiger partial charge in [-0.1, -0.05) is 89.9 Å². The fraction of sp³-hybridized carbons (Fsp3) is 0.0345. The van der Waals surface area contributed by atoms with E-state index in [2.05, 4.69) is 6.07 Å². The summed E-state index contributed by atoms with van der Waals surface area (Å²) in [5.41, 5.74) is 3.54. The van der Waals surface area contributed by atoms with Crippen molar-refractivity contribution in [2.75, 3.05) is 4.90 Å². The van der Waals surface area contributed by atoms with E-state index in [1.54, 1.807) is 18.2 Å². The molecule has 0 atom stereocenters. The van der Waals surface area contributed by atoms with Gasteiger partial charge in [0.05, 0.1) is 26.8 Å². The minimum Gasteiger partial charge on any atom is -0.455 e. The second-order valence-electron chi connectivity index (χ2n) is 7.85. The van der Waals surface area contributed by atoms with Crippen LogP contribution in [0.4, 0.5) is 17.1 Å². The Morgan fingerprint density at radius 2 is 1.48 bits per heavy atom. The zero-order chi connectivity index (χ0) is 25.0. The fourth-order valence-corrected chi connectivity index (χ4v) is 4.82. The summed E-state index contributed by atoms with van der Waals surface area (Å²) in [5.74, 6) is 0. The summed E-state index contributed by atoms with van der Waals surface area (Å²) in [7, 11) is 0. The molecule has 0 saturated heterocycles. The van der Waals surface area contributed by atoms with Crippen LogP contribution in [0.1, 0.15) is 9.68 Å². The highest BCUT2D eigenvalue weighted by Crippen LogP contribution is 2.48. The van der Waals surface area contributed by atoms with Gasteiger partial charge >= 0.3 is 0 Å². The van der Waals surface area contributed by atoms with E-state index in [4.69, 9.17) is 31.7 Å². The first-order valence-corrected chi connectivity index (χ1v) is 11.3. The molecule has 0 aliphatic heterocycles. The molecule has 33 heavy (non-hydrogen) atoms. The van der Waals surface area contributed by atoms with Crippen LogP contribution in [0.25, 0.3) is 32.7 Å². The summed E-state index contributed by atoms with van der Waals surface area (Å²) in [6.07, 6.45) is 0. The van der Waals surface area contributed by atoms with Crippen molar-refractivity contribution in [1.82, 2.24) is 0 Å². The van der Waals surface area contributed by atoms with Gasteiger partial charge in [0.2, 0.25) is 0 Å². The highest BCUT2D eigenvalue weighted by Gasteiger charge is 2.23. The Labute approximate surface area is 205 Å². The van der Waals surface area contributed by atoms with Crippen LogP contribution in [-0.4, -0.2) is 0 Å². The Bertz CT molecular complexity index is 1760. The summed E-state index contributed by atoms with van der Waals surface area (Å²) in [6, 6.07) is 30.6. The summed E-state index contributed by atoms with van der Waals surface area (Å²) in [4.78, 5) is 2.04. The molecular formula is C29H19Cl2NO. The molecule has 0 unspecified atom stereocenters. The standard InChI is InChI=1S/C29H19Cl2NO/c1-18-9-7-14-22-26-25(17-19-10-5-6-13-21(19)29(26)33-28(18)22)32(20-11-3-2-4-12-20)24-16-8-15-23(30)27(24)31/h2-17H,1H3/i1D3. The Morgan fingerprint density at radius 1 is 0.727 bits per heavy atom. The van der Waals surface area contributed by atoms with Crippen molar-refractivity contribution in [3.63, 3.8) is 0 Å². The minimum atomic E-state index is -2.32. The molecule has 1 aromatic heterocycles. The Morgan fingerprint density at radius 3 is 2.33 bits per heavy atom. The maximum absolute atomic E-state index is 8.08. The second kappa shape index (κ2) is 7.84. The third-order valence-corrected chi connectivity index (χ3v) is 6.71. The van der Waals surface area contributed by atoms with Gasteiger partial charge in [0.1, 0.15) is 11.2 Å². The van der Waals surface area contributed by atoms with Crippen molar-refractivity contribution >= 4 is 73.0 Å². The molecule has 0 radical (unpaired) electrons. The molecule has 2 nitrogen and oxygen atoms in total. The molecule has 6 aromatic rings. The monoisotopic (exact) mass is 470 g/mol. The zero-order valence-electron chi connectivity index (χ0n) is 20.3. The Balaban J connectivity index is 1.81. The summed E-state index contributed by atoms with van der Waals surface area (Å²) < 4.78 is 30.6. The number of hydrogen-bond donors (Lipinski definition) is 0. The SMILES string of the molecule is [2H]C([2H])([2H])c1cccc2c1oc1c3ccccc3cc(N(c3ccccc3)c3cccc(Cl)c3Cl)c21. The highest BCUT2D eigenvalue weighted by atomic mass is 35.5. The third kappa shape index (κ3) is 3.18. The summed E-state index contributed by atoms with van der Waals surface area (Å²) in [6.45, 7) is -2.32. The number of benzene rings is 5. The van der Waals surface area contributed by atoms with E-state index < -0.39 is 6.85 Å². The van der Waals surface area contributed by atoms with Crippen molar-refractivity contribution in [3.8, 4) is 0 Å². The summed E-state index contributed by atoms with van der Waals surface area (Å²) >= 11 is 13.2. The molecule has 1 heterocycles. The van der Waals surface area contributed by atoms with Crippen LogP contribution in [-0.2, 0) is 0 Å². The fourth-order valence-electron chi connectivity index (χ4n) is 4.44. The lowest BCUT2D eigenvalue weighted by molar-refractivity contribution is 0.669. The maximum atomic E-state index is 8.08. The van der Waals surface area contributed by atoms with Crippen LogP contribution < -0.4 is 4.90 Å². The molecule has 6 rings (SSSR count). The lowest BCUT2D eigenvalue weighted by Gasteiger charge is -2.27. The van der Waals surface area contributed by atoms with Gasteiger partial charge < -0.3 is 9.32 Å². The van der Waals surface area contributed by atoms with E-state index in [1.807, 2.05) is 77.7 Å². The maximum Gasteiger partial charge on any atom is 0.145 e. The highest BCUT2D eigenvalue weighted by molar-refractivity contribution is 6.44. The number of hydrogen-bond acceptors (Lipinski definition) is 2. The lowest BCUT2D eigenvalue weighted by Crippen LogP contribution is -2.11. The predicted octanol–water partition coefficient (Wildman–Crippen LogP) is 9.82. The minimum absolute atomic E-state index is 0.179.